The van der Waals surface area contributed by atoms with Gasteiger partial charge in [0.15, 0.2) is 0 Å². The normalized spacial score (nSPS) is 14.6. The molecule has 256 valence electrons. The summed E-state index contributed by atoms with van der Waals surface area (Å²) in [6, 6.07) is 63.9. The summed E-state index contributed by atoms with van der Waals surface area (Å²) in [5.74, 6) is 0. The Hall–Kier alpha value is -6.24. The summed E-state index contributed by atoms with van der Waals surface area (Å²) in [5.41, 5.74) is 18.7. The highest BCUT2D eigenvalue weighted by Crippen LogP contribution is 2.55. The van der Waals surface area contributed by atoms with E-state index in [-0.39, 0.29) is 10.8 Å². The van der Waals surface area contributed by atoms with E-state index in [2.05, 4.69) is 198 Å². The van der Waals surface area contributed by atoms with Crippen molar-refractivity contribution in [2.75, 3.05) is 0 Å². The van der Waals surface area contributed by atoms with Gasteiger partial charge in [-0.25, -0.2) is 0 Å². The molecule has 0 saturated carbocycles. The predicted octanol–water partition coefficient (Wildman–Crippen LogP) is 14.8. The van der Waals surface area contributed by atoms with Gasteiger partial charge < -0.3 is 0 Å². The fourth-order valence-corrected chi connectivity index (χ4v) is 10.2. The number of benzene rings is 9. The Balaban J connectivity index is 1.09. The molecule has 0 radical (unpaired) electrons. The fraction of sp³-hybridized carbons (Fsp3) is 0.111. The van der Waals surface area contributed by atoms with Crippen LogP contribution >= 0.6 is 0 Å². The van der Waals surface area contributed by atoms with Crippen LogP contribution in [0, 0.1) is 0 Å². The van der Waals surface area contributed by atoms with Crippen molar-refractivity contribution in [3.05, 3.63) is 192 Å². The number of rotatable bonds is 3. The smallest absolute Gasteiger partial charge is 0.0159 e. The van der Waals surface area contributed by atoms with Crippen molar-refractivity contribution in [1.29, 1.82) is 0 Å². The van der Waals surface area contributed by atoms with E-state index in [1.165, 1.54) is 110 Å². The van der Waals surface area contributed by atoms with Crippen LogP contribution in [0.25, 0.3) is 88.0 Å². The molecular weight excluding hydrogens is 649 g/mol. The van der Waals surface area contributed by atoms with Gasteiger partial charge in [0.05, 0.1) is 0 Å². The molecule has 0 spiro atoms. The molecule has 0 amide bonds. The third-order valence-corrected chi connectivity index (χ3v) is 12.9. The Labute approximate surface area is 317 Å². The molecule has 0 aromatic heterocycles. The molecule has 2 aliphatic rings. The first kappa shape index (κ1) is 31.3. The molecule has 0 saturated heterocycles. The van der Waals surface area contributed by atoms with Gasteiger partial charge in [-0.1, -0.05) is 191 Å². The molecule has 54 heavy (non-hydrogen) atoms. The van der Waals surface area contributed by atoms with E-state index in [4.69, 9.17) is 0 Å². The zero-order valence-corrected chi connectivity index (χ0v) is 31.2. The average molecular weight is 689 g/mol. The second kappa shape index (κ2) is 11.1. The van der Waals surface area contributed by atoms with E-state index in [0.29, 0.717) is 0 Å². The Morgan fingerprint density at radius 1 is 0.278 bits per heavy atom. The van der Waals surface area contributed by atoms with Gasteiger partial charge in [-0.05, 0) is 116 Å². The van der Waals surface area contributed by atoms with Crippen LogP contribution in [0.1, 0.15) is 49.9 Å². The van der Waals surface area contributed by atoms with Gasteiger partial charge in [0.25, 0.3) is 0 Å². The molecule has 0 N–H and O–H groups in total. The highest BCUT2D eigenvalue weighted by molar-refractivity contribution is 6.21. The molecule has 0 fully saturated rings. The summed E-state index contributed by atoms with van der Waals surface area (Å²) in [4.78, 5) is 0. The van der Waals surface area contributed by atoms with Gasteiger partial charge in [0, 0.05) is 10.8 Å². The second-order valence-electron chi connectivity index (χ2n) is 16.4. The molecule has 0 heteroatoms. The Bertz CT molecular complexity index is 2970. The number of fused-ring (bicyclic) bond motifs is 10. The van der Waals surface area contributed by atoms with Crippen LogP contribution in [0.5, 0.6) is 0 Å². The van der Waals surface area contributed by atoms with Gasteiger partial charge in [-0.15, -0.1) is 0 Å². The first-order valence-electron chi connectivity index (χ1n) is 19.3. The first-order chi connectivity index (χ1) is 26.3. The molecule has 0 unspecified atom stereocenters. The number of hydrogen-bond donors (Lipinski definition) is 0. The third-order valence-electron chi connectivity index (χ3n) is 12.9. The zero-order valence-electron chi connectivity index (χ0n) is 31.2. The standard InChI is InChI=1S/C54H40/c1-53(2)45-22-12-11-16-39(45)40-30-28-36(32-48(40)53)50-43-19-9-7-17-41(43)49(42-18-8-10-20-44(42)50)35-26-24-34(25-27-35)38-21-13-23-46-51(38)52-37-15-6-5-14-33(37)29-31-47(52)54(46,3)4/h5-32H,1-4H3. The molecule has 0 nitrogen and oxygen atoms in total. The van der Waals surface area contributed by atoms with E-state index in [0.717, 1.165) is 0 Å². The summed E-state index contributed by atoms with van der Waals surface area (Å²) < 4.78 is 0. The van der Waals surface area contributed by atoms with Gasteiger partial charge in [0.2, 0.25) is 0 Å². The van der Waals surface area contributed by atoms with E-state index < -0.39 is 0 Å². The number of hydrogen-bond acceptors (Lipinski definition) is 0. The van der Waals surface area contributed by atoms with Crippen molar-refractivity contribution in [1.82, 2.24) is 0 Å². The topological polar surface area (TPSA) is 0 Å². The lowest BCUT2D eigenvalue weighted by Gasteiger charge is -2.23. The minimum Gasteiger partial charge on any atom is -0.0619 e. The molecule has 0 atom stereocenters. The van der Waals surface area contributed by atoms with Crippen molar-refractivity contribution in [3.8, 4) is 55.6 Å². The summed E-state index contributed by atoms with van der Waals surface area (Å²) in [5, 5.41) is 7.76. The summed E-state index contributed by atoms with van der Waals surface area (Å²) in [6.45, 7) is 9.50. The maximum Gasteiger partial charge on any atom is 0.0159 e. The van der Waals surface area contributed by atoms with Gasteiger partial charge in [-0.3, -0.25) is 0 Å². The van der Waals surface area contributed by atoms with Crippen LogP contribution in [-0.2, 0) is 10.8 Å². The van der Waals surface area contributed by atoms with E-state index >= 15 is 0 Å². The van der Waals surface area contributed by atoms with Crippen molar-refractivity contribution in [2.24, 2.45) is 0 Å². The van der Waals surface area contributed by atoms with Gasteiger partial charge in [0.1, 0.15) is 0 Å². The van der Waals surface area contributed by atoms with E-state index in [1.807, 2.05) is 0 Å². The quantitative estimate of drug-likeness (QED) is 0.162. The van der Waals surface area contributed by atoms with Crippen molar-refractivity contribution in [2.45, 2.75) is 38.5 Å². The molecule has 2 aliphatic carbocycles. The molecule has 9 aromatic carbocycles. The maximum atomic E-state index is 2.47. The van der Waals surface area contributed by atoms with Crippen LogP contribution < -0.4 is 0 Å². The molecule has 0 aliphatic heterocycles. The van der Waals surface area contributed by atoms with Crippen LogP contribution in [-0.4, -0.2) is 0 Å². The zero-order chi connectivity index (χ0) is 36.3. The van der Waals surface area contributed by atoms with E-state index in [9.17, 15) is 0 Å². The predicted molar refractivity (Wildman–Crippen MR) is 230 cm³/mol. The minimum atomic E-state index is -0.0667. The SMILES string of the molecule is CC1(C)c2ccccc2-c2ccc(-c3c4ccccc4c(-c4ccc(-c5cccc6c5-c5c(ccc7ccccc57)C6(C)C)cc4)c4ccccc34)cc21. The van der Waals surface area contributed by atoms with Gasteiger partial charge >= 0.3 is 0 Å². The lowest BCUT2D eigenvalue weighted by atomic mass is 9.80. The lowest BCUT2D eigenvalue weighted by molar-refractivity contribution is 0.660. The summed E-state index contributed by atoms with van der Waals surface area (Å²) >= 11 is 0. The molecular formula is C54H40. The highest BCUT2D eigenvalue weighted by Gasteiger charge is 2.38. The van der Waals surface area contributed by atoms with Crippen molar-refractivity contribution >= 4 is 32.3 Å². The molecule has 11 rings (SSSR count). The Morgan fingerprint density at radius 2 is 0.759 bits per heavy atom. The molecule has 0 heterocycles. The van der Waals surface area contributed by atoms with E-state index in [1.54, 1.807) is 0 Å². The molecule has 9 aromatic rings. The Morgan fingerprint density at radius 3 is 1.46 bits per heavy atom. The monoisotopic (exact) mass is 688 g/mol. The van der Waals surface area contributed by atoms with Crippen LogP contribution in [0.4, 0.5) is 0 Å². The van der Waals surface area contributed by atoms with Crippen LogP contribution in [0.15, 0.2) is 170 Å². The van der Waals surface area contributed by atoms with Crippen LogP contribution in [0.2, 0.25) is 0 Å². The van der Waals surface area contributed by atoms with Crippen LogP contribution in [0.3, 0.4) is 0 Å². The van der Waals surface area contributed by atoms with Crippen molar-refractivity contribution in [3.63, 3.8) is 0 Å². The van der Waals surface area contributed by atoms with Crippen molar-refractivity contribution < 1.29 is 0 Å². The lowest BCUT2D eigenvalue weighted by Crippen LogP contribution is -2.14. The first-order valence-corrected chi connectivity index (χ1v) is 19.3. The summed E-state index contributed by atoms with van der Waals surface area (Å²) in [6.07, 6.45) is 0. The fourth-order valence-electron chi connectivity index (χ4n) is 10.2. The maximum absolute atomic E-state index is 2.47. The average Bonchev–Trinajstić information content (AvgIpc) is 3.59. The molecule has 0 bridgehead atoms. The van der Waals surface area contributed by atoms with Gasteiger partial charge in [-0.2, -0.15) is 0 Å². The third kappa shape index (κ3) is 4.20. The highest BCUT2D eigenvalue weighted by atomic mass is 14.4. The minimum absolute atomic E-state index is 0.0565. The largest absolute Gasteiger partial charge is 0.0619 e. The second-order valence-corrected chi connectivity index (χ2v) is 16.4. The Kier molecular flexibility index (Phi) is 6.46. The summed E-state index contributed by atoms with van der Waals surface area (Å²) in [7, 11) is 0.